The summed E-state index contributed by atoms with van der Waals surface area (Å²) >= 11 is 23.3. The van der Waals surface area contributed by atoms with Crippen LogP contribution in [0.15, 0.2) is 94.9 Å². The van der Waals surface area contributed by atoms with Crippen LogP contribution in [0.2, 0.25) is 20.1 Å². The molecule has 0 spiro atoms. The standard InChI is InChI=1S/2C15H13Cl2NO.Zn/c2*1-10(11-5-3-2-4-6-11)18-9-12-7-13(16)8-14(17)15(12)19;/h2*2-10,19H,1H3;/q;;+2/p-2/t2*10-;/m11./s1. The maximum Gasteiger partial charge on any atom is 2.00 e. The van der Waals surface area contributed by atoms with Crippen LogP contribution in [0.4, 0.5) is 0 Å². The molecular weight excluding hydrogens is 628 g/mol. The fourth-order valence-corrected chi connectivity index (χ4v) is 4.39. The van der Waals surface area contributed by atoms with Crippen molar-refractivity contribution in [1.29, 1.82) is 0 Å². The second-order valence-electron chi connectivity index (χ2n) is 8.34. The van der Waals surface area contributed by atoms with Crippen LogP contribution in [0.25, 0.3) is 0 Å². The Bertz CT molecular complexity index is 1310. The molecule has 39 heavy (non-hydrogen) atoms. The maximum absolute atomic E-state index is 11.8. The summed E-state index contributed by atoms with van der Waals surface area (Å²) < 4.78 is 0. The molecule has 0 saturated carbocycles. The van der Waals surface area contributed by atoms with E-state index >= 15 is 0 Å². The molecule has 0 aliphatic carbocycles. The molecule has 0 aliphatic heterocycles. The average Bonchev–Trinajstić information content (AvgIpc) is 2.92. The van der Waals surface area contributed by atoms with E-state index in [1.54, 1.807) is 12.1 Å². The Balaban J connectivity index is 0.000000267. The number of aliphatic imine (C=N–C) groups is 2. The van der Waals surface area contributed by atoms with Gasteiger partial charge in [0.15, 0.2) is 0 Å². The topological polar surface area (TPSA) is 70.8 Å². The summed E-state index contributed by atoms with van der Waals surface area (Å²) in [4.78, 5) is 8.73. The molecule has 4 rings (SSSR count). The summed E-state index contributed by atoms with van der Waals surface area (Å²) in [7, 11) is 0. The van der Waals surface area contributed by atoms with Crippen molar-refractivity contribution in [2.24, 2.45) is 9.98 Å². The van der Waals surface area contributed by atoms with Crippen molar-refractivity contribution in [3.63, 3.8) is 0 Å². The molecule has 0 bridgehead atoms. The van der Waals surface area contributed by atoms with Gasteiger partial charge in [-0.2, -0.15) is 0 Å². The van der Waals surface area contributed by atoms with Crippen molar-refractivity contribution in [2.45, 2.75) is 25.9 Å². The second-order valence-corrected chi connectivity index (χ2v) is 10.0. The van der Waals surface area contributed by atoms with E-state index in [9.17, 15) is 10.2 Å². The zero-order valence-electron chi connectivity index (χ0n) is 21.3. The van der Waals surface area contributed by atoms with Crippen LogP contribution in [0.1, 0.15) is 48.2 Å². The summed E-state index contributed by atoms with van der Waals surface area (Å²) in [6.45, 7) is 3.92. The predicted octanol–water partition coefficient (Wildman–Crippen LogP) is 8.49. The zero-order valence-corrected chi connectivity index (χ0v) is 27.3. The van der Waals surface area contributed by atoms with Gasteiger partial charge < -0.3 is 10.2 Å². The second kappa shape index (κ2) is 16.0. The van der Waals surface area contributed by atoms with Crippen molar-refractivity contribution in [3.8, 4) is 11.5 Å². The Hall–Kier alpha value is -2.40. The molecule has 0 unspecified atom stereocenters. The monoisotopic (exact) mass is 648 g/mol. The first-order valence-corrected chi connectivity index (χ1v) is 13.1. The van der Waals surface area contributed by atoms with Crippen molar-refractivity contribution >= 4 is 58.8 Å². The summed E-state index contributed by atoms with van der Waals surface area (Å²) in [5.74, 6) is -0.509. The summed E-state index contributed by atoms with van der Waals surface area (Å²) in [6, 6.07) is 25.6. The van der Waals surface area contributed by atoms with E-state index in [1.165, 1.54) is 24.6 Å². The van der Waals surface area contributed by atoms with Gasteiger partial charge in [-0.3, -0.25) is 9.98 Å². The number of hydrogen-bond donors (Lipinski definition) is 0. The summed E-state index contributed by atoms with van der Waals surface area (Å²) in [5.41, 5.74) is 2.97. The summed E-state index contributed by atoms with van der Waals surface area (Å²) in [5, 5.41) is 24.7. The normalized spacial score (nSPS) is 12.5. The van der Waals surface area contributed by atoms with Crippen LogP contribution in [-0.2, 0) is 19.5 Å². The largest absolute Gasteiger partial charge is 2.00 e. The molecule has 0 aromatic heterocycles. The molecule has 196 valence electrons. The van der Waals surface area contributed by atoms with E-state index < -0.39 is 0 Å². The fraction of sp³-hybridized carbons (Fsp3) is 0.133. The smallest absolute Gasteiger partial charge is 0.871 e. The van der Waals surface area contributed by atoms with Crippen LogP contribution < -0.4 is 10.2 Å². The van der Waals surface area contributed by atoms with Crippen LogP contribution in [0, 0.1) is 0 Å². The number of halogens is 4. The minimum Gasteiger partial charge on any atom is -0.871 e. The van der Waals surface area contributed by atoms with Crippen molar-refractivity contribution in [3.05, 3.63) is 127 Å². The van der Waals surface area contributed by atoms with Gasteiger partial charge in [0.1, 0.15) is 0 Å². The van der Waals surface area contributed by atoms with Crippen molar-refractivity contribution in [1.82, 2.24) is 0 Å². The van der Waals surface area contributed by atoms with Crippen LogP contribution in [0.3, 0.4) is 0 Å². The van der Waals surface area contributed by atoms with Gasteiger partial charge in [0.05, 0.1) is 12.1 Å². The third-order valence-electron chi connectivity index (χ3n) is 5.51. The number of rotatable bonds is 6. The Morgan fingerprint density at radius 3 is 1.26 bits per heavy atom. The van der Waals surface area contributed by atoms with Gasteiger partial charge in [-0.05, 0) is 60.4 Å². The van der Waals surface area contributed by atoms with Crippen molar-refractivity contribution < 1.29 is 29.7 Å². The van der Waals surface area contributed by atoms with Crippen LogP contribution in [0.5, 0.6) is 11.5 Å². The van der Waals surface area contributed by atoms with E-state index in [-0.39, 0.29) is 53.1 Å². The van der Waals surface area contributed by atoms with E-state index in [1.807, 2.05) is 74.5 Å². The maximum atomic E-state index is 11.8. The minimum absolute atomic E-state index is 0. The Labute approximate surface area is 261 Å². The van der Waals surface area contributed by atoms with Gasteiger partial charge in [0.25, 0.3) is 0 Å². The molecule has 0 N–H and O–H groups in total. The van der Waals surface area contributed by atoms with Gasteiger partial charge in [0, 0.05) is 32.5 Å². The SMILES string of the molecule is C[C@@H](N=Cc1cc(Cl)cc(Cl)c1[O-])c1ccccc1.C[C@@H](N=Cc1cc(Cl)cc(Cl)c1[O-])c1ccccc1.[Zn+2]. The molecule has 0 fully saturated rings. The zero-order chi connectivity index (χ0) is 27.7. The molecule has 0 radical (unpaired) electrons. The molecule has 9 heteroatoms. The van der Waals surface area contributed by atoms with Gasteiger partial charge in [-0.1, -0.05) is 119 Å². The first-order chi connectivity index (χ1) is 18.2. The third kappa shape index (κ3) is 9.94. The minimum atomic E-state index is -0.255. The summed E-state index contributed by atoms with van der Waals surface area (Å²) in [6.07, 6.45) is 3.05. The van der Waals surface area contributed by atoms with E-state index in [4.69, 9.17) is 46.4 Å². The predicted molar refractivity (Wildman–Crippen MR) is 157 cm³/mol. The first-order valence-electron chi connectivity index (χ1n) is 11.6. The van der Waals surface area contributed by atoms with E-state index in [0.717, 1.165) is 11.1 Å². The molecule has 4 nitrogen and oxygen atoms in total. The number of nitrogens with zero attached hydrogens (tertiary/aromatic N) is 2. The third-order valence-corrected chi connectivity index (χ3v) is 6.51. The van der Waals surface area contributed by atoms with E-state index in [2.05, 4.69) is 9.98 Å². The van der Waals surface area contributed by atoms with Gasteiger partial charge >= 0.3 is 19.5 Å². The average molecular weight is 652 g/mol. The van der Waals surface area contributed by atoms with Gasteiger partial charge in [0.2, 0.25) is 0 Å². The molecule has 2 atom stereocenters. The molecule has 0 amide bonds. The van der Waals surface area contributed by atoms with Gasteiger partial charge in [-0.15, -0.1) is 0 Å². The Morgan fingerprint density at radius 1 is 0.590 bits per heavy atom. The molecule has 0 saturated heterocycles. The molecule has 0 aliphatic rings. The number of benzene rings is 4. The first kappa shape index (κ1) is 32.8. The van der Waals surface area contributed by atoms with Crippen LogP contribution >= 0.6 is 46.4 Å². The van der Waals surface area contributed by atoms with Crippen LogP contribution in [-0.4, -0.2) is 12.4 Å². The fourth-order valence-electron chi connectivity index (χ4n) is 3.37. The van der Waals surface area contributed by atoms with Gasteiger partial charge in [-0.25, -0.2) is 0 Å². The Morgan fingerprint density at radius 2 is 0.923 bits per heavy atom. The Kier molecular flexibility index (Phi) is 13.5. The number of hydrogen-bond acceptors (Lipinski definition) is 4. The van der Waals surface area contributed by atoms with E-state index in [0.29, 0.717) is 21.2 Å². The molecular formula is C30H24Cl4N2O2Zn. The molecule has 4 aromatic rings. The van der Waals surface area contributed by atoms with Crippen molar-refractivity contribution in [2.75, 3.05) is 0 Å². The quantitative estimate of drug-likeness (QED) is 0.155. The molecule has 4 aromatic carbocycles. The molecule has 0 heterocycles.